The first-order valence-corrected chi connectivity index (χ1v) is 4.87. The van der Waals surface area contributed by atoms with Crippen molar-refractivity contribution in [2.24, 2.45) is 0 Å². The van der Waals surface area contributed by atoms with Gasteiger partial charge in [-0.25, -0.2) is 0 Å². The van der Waals surface area contributed by atoms with Crippen molar-refractivity contribution in [1.29, 1.82) is 0 Å². The summed E-state index contributed by atoms with van der Waals surface area (Å²) in [4.78, 5) is 1.48. The quantitative estimate of drug-likeness (QED) is 0.624. The smallest absolute Gasteiger partial charge is 0.295 e. The van der Waals surface area contributed by atoms with E-state index in [1.165, 1.54) is 4.90 Å². The van der Waals surface area contributed by atoms with Crippen LogP contribution in [0.5, 0.6) is 0 Å². The van der Waals surface area contributed by atoms with E-state index in [0.29, 0.717) is 13.1 Å². The van der Waals surface area contributed by atoms with Gasteiger partial charge in [0, 0.05) is 0 Å². The van der Waals surface area contributed by atoms with Crippen molar-refractivity contribution in [3.63, 3.8) is 0 Å². The molecule has 1 saturated heterocycles. The van der Waals surface area contributed by atoms with Crippen molar-refractivity contribution in [3.05, 3.63) is 0 Å². The first kappa shape index (κ1) is 12.8. The molecule has 0 amide bonds. The summed E-state index contributed by atoms with van der Waals surface area (Å²) in [5.41, 5.74) is 0. The van der Waals surface area contributed by atoms with Gasteiger partial charge in [0.25, 0.3) is 0 Å². The van der Waals surface area contributed by atoms with Gasteiger partial charge in [-0.05, 0) is 25.9 Å². The van der Waals surface area contributed by atoms with E-state index in [1.807, 2.05) is 13.8 Å². The van der Waals surface area contributed by atoms with Crippen molar-refractivity contribution >= 4 is 0 Å². The Kier molecular flexibility index (Phi) is 6.12. The van der Waals surface area contributed by atoms with E-state index in [-0.39, 0.29) is 0 Å². The van der Waals surface area contributed by atoms with Crippen LogP contribution in [0.2, 0.25) is 0 Å². The number of hydrogen-bond acceptors (Lipinski definition) is 1. The molecule has 0 unspecified atom stereocenters. The third kappa shape index (κ3) is 6.87. The largest absolute Gasteiger partial charge is 0.401 e. The van der Waals surface area contributed by atoms with Crippen LogP contribution in [0.3, 0.4) is 0 Å². The minimum absolute atomic E-state index is 0.611. The first-order valence-electron chi connectivity index (χ1n) is 4.87. The van der Waals surface area contributed by atoms with Crippen LogP contribution in [0.25, 0.3) is 0 Å². The third-order valence-corrected chi connectivity index (χ3v) is 1.85. The fourth-order valence-electron chi connectivity index (χ4n) is 1.37. The Morgan fingerprint density at radius 3 is 1.85 bits per heavy atom. The van der Waals surface area contributed by atoms with E-state index in [1.54, 1.807) is 0 Å². The third-order valence-electron chi connectivity index (χ3n) is 1.85. The van der Waals surface area contributed by atoms with E-state index in [9.17, 15) is 13.2 Å². The minimum Gasteiger partial charge on any atom is -0.295 e. The van der Waals surface area contributed by atoms with E-state index in [2.05, 4.69) is 0 Å². The zero-order chi connectivity index (χ0) is 10.3. The Hall–Kier alpha value is -0.250. The summed E-state index contributed by atoms with van der Waals surface area (Å²) in [6, 6.07) is 0. The molecule has 1 nitrogen and oxygen atoms in total. The summed E-state index contributed by atoms with van der Waals surface area (Å²) in [6.45, 7) is 4.49. The molecule has 0 aromatic rings. The second-order valence-corrected chi connectivity index (χ2v) is 2.95. The summed E-state index contributed by atoms with van der Waals surface area (Å²) in [5, 5.41) is 0. The molecule has 0 radical (unpaired) electrons. The van der Waals surface area contributed by atoms with Gasteiger partial charge in [-0.1, -0.05) is 20.3 Å². The van der Waals surface area contributed by atoms with Crippen LogP contribution in [0.1, 0.15) is 33.1 Å². The molecule has 13 heavy (non-hydrogen) atoms. The van der Waals surface area contributed by atoms with Crippen molar-refractivity contribution < 1.29 is 13.2 Å². The zero-order valence-corrected chi connectivity index (χ0v) is 8.32. The van der Waals surface area contributed by atoms with Crippen LogP contribution in [0, 0.1) is 0 Å². The predicted octanol–water partition coefficient (Wildman–Crippen LogP) is 3.06. The maximum Gasteiger partial charge on any atom is 0.401 e. The van der Waals surface area contributed by atoms with E-state index in [4.69, 9.17) is 0 Å². The van der Waals surface area contributed by atoms with Crippen LogP contribution in [-0.4, -0.2) is 30.7 Å². The normalized spacial score (nSPS) is 19.2. The van der Waals surface area contributed by atoms with Crippen LogP contribution in [0.15, 0.2) is 0 Å². The average Bonchev–Trinajstić information content (AvgIpc) is 2.07. The van der Waals surface area contributed by atoms with E-state index < -0.39 is 12.7 Å². The van der Waals surface area contributed by atoms with Crippen LogP contribution < -0.4 is 0 Å². The summed E-state index contributed by atoms with van der Waals surface area (Å²) >= 11 is 0. The lowest BCUT2D eigenvalue weighted by molar-refractivity contribution is -0.147. The fraction of sp³-hybridized carbons (Fsp3) is 1.00. The van der Waals surface area contributed by atoms with E-state index in [0.717, 1.165) is 19.3 Å². The van der Waals surface area contributed by atoms with Gasteiger partial charge < -0.3 is 0 Å². The molecule has 0 atom stereocenters. The zero-order valence-electron chi connectivity index (χ0n) is 8.32. The van der Waals surface area contributed by atoms with Gasteiger partial charge in [0.1, 0.15) is 0 Å². The fourth-order valence-corrected chi connectivity index (χ4v) is 1.37. The van der Waals surface area contributed by atoms with Gasteiger partial charge in [-0.3, -0.25) is 4.90 Å². The lowest BCUT2D eigenvalue weighted by atomic mass is 10.1. The second kappa shape index (κ2) is 6.24. The van der Waals surface area contributed by atoms with Crippen molar-refractivity contribution in [3.8, 4) is 0 Å². The monoisotopic (exact) mass is 197 g/mol. The highest BCUT2D eigenvalue weighted by molar-refractivity contribution is 4.67. The van der Waals surface area contributed by atoms with Gasteiger partial charge in [0.05, 0.1) is 6.54 Å². The summed E-state index contributed by atoms with van der Waals surface area (Å²) in [5.74, 6) is 0. The molecular weight excluding hydrogens is 179 g/mol. The Morgan fingerprint density at radius 1 is 1.00 bits per heavy atom. The van der Waals surface area contributed by atoms with Crippen LogP contribution in [-0.2, 0) is 0 Å². The number of likely N-dealkylation sites (tertiary alicyclic amines) is 1. The first-order chi connectivity index (χ1) is 6.08. The molecule has 80 valence electrons. The SMILES string of the molecule is CC.FC(F)(F)CN1CCCCC1. The molecule has 0 spiro atoms. The number of alkyl halides is 3. The maximum absolute atomic E-state index is 11.8. The maximum atomic E-state index is 11.8. The van der Waals surface area contributed by atoms with Gasteiger partial charge >= 0.3 is 6.18 Å². The topological polar surface area (TPSA) is 3.24 Å². The van der Waals surface area contributed by atoms with Crippen LogP contribution in [0.4, 0.5) is 13.2 Å². The van der Waals surface area contributed by atoms with Crippen molar-refractivity contribution in [2.75, 3.05) is 19.6 Å². The van der Waals surface area contributed by atoms with Crippen molar-refractivity contribution in [2.45, 2.75) is 39.3 Å². The molecule has 1 aliphatic rings. The van der Waals surface area contributed by atoms with Gasteiger partial charge in [0.2, 0.25) is 0 Å². The molecule has 0 aliphatic carbocycles. The Labute approximate surface area is 77.9 Å². The summed E-state index contributed by atoms with van der Waals surface area (Å²) in [6.07, 6.45) is -1.11. The second-order valence-electron chi connectivity index (χ2n) is 2.95. The van der Waals surface area contributed by atoms with Gasteiger partial charge in [-0.2, -0.15) is 13.2 Å². The highest BCUT2D eigenvalue weighted by atomic mass is 19.4. The molecule has 1 heterocycles. The lowest BCUT2D eigenvalue weighted by Crippen LogP contribution is -2.37. The number of piperidine rings is 1. The number of rotatable bonds is 1. The van der Waals surface area contributed by atoms with Crippen LogP contribution >= 0.6 is 0 Å². The molecule has 0 aromatic carbocycles. The van der Waals surface area contributed by atoms with Crippen molar-refractivity contribution in [1.82, 2.24) is 4.90 Å². The Balaban J connectivity index is 0.000000671. The summed E-state index contributed by atoms with van der Waals surface area (Å²) < 4.78 is 35.4. The highest BCUT2D eigenvalue weighted by Gasteiger charge is 2.30. The summed E-state index contributed by atoms with van der Waals surface area (Å²) in [7, 11) is 0. The van der Waals surface area contributed by atoms with Gasteiger partial charge in [-0.15, -0.1) is 0 Å². The number of nitrogens with zero attached hydrogens (tertiary/aromatic N) is 1. The molecule has 0 bridgehead atoms. The standard InChI is InChI=1S/C7H12F3N.C2H6/c8-7(9,10)6-11-4-2-1-3-5-11;1-2/h1-6H2;1-2H3. The van der Waals surface area contributed by atoms with Gasteiger partial charge in [0.15, 0.2) is 0 Å². The Morgan fingerprint density at radius 2 is 1.46 bits per heavy atom. The molecular formula is C9H18F3N. The molecule has 0 N–H and O–H groups in total. The Bertz CT molecular complexity index is 117. The number of hydrogen-bond donors (Lipinski definition) is 0. The lowest BCUT2D eigenvalue weighted by Gasteiger charge is -2.26. The molecule has 0 saturated carbocycles. The highest BCUT2D eigenvalue weighted by Crippen LogP contribution is 2.19. The number of halogens is 3. The van der Waals surface area contributed by atoms with E-state index >= 15 is 0 Å². The average molecular weight is 197 g/mol. The minimum atomic E-state index is -4.02. The molecule has 1 aliphatic heterocycles. The molecule has 1 rings (SSSR count). The molecule has 1 fully saturated rings. The predicted molar refractivity (Wildman–Crippen MR) is 47.7 cm³/mol. The molecule has 4 heteroatoms. The molecule has 0 aromatic heterocycles.